The lowest BCUT2D eigenvalue weighted by molar-refractivity contribution is -0.110. The van der Waals surface area contributed by atoms with E-state index in [1.807, 2.05) is 36.5 Å². The summed E-state index contributed by atoms with van der Waals surface area (Å²) in [5, 5.41) is 3.87. The van der Waals surface area contributed by atoms with E-state index < -0.39 is 0 Å². The fraction of sp³-hybridized carbons (Fsp3) is 0.0526. The van der Waals surface area contributed by atoms with Gasteiger partial charge >= 0.3 is 0 Å². The van der Waals surface area contributed by atoms with E-state index in [0.717, 1.165) is 22.0 Å². The first kappa shape index (κ1) is 14.4. The number of H-pyrrole nitrogens is 1. The average molecular weight is 317 g/mol. The van der Waals surface area contributed by atoms with Gasteiger partial charge in [-0.25, -0.2) is 0 Å². The first-order valence-electron chi connectivity index (χ1n) is 7.64. The fourth-order valence-electron chi connectivity index (χ4n) is 2.99. The van der Waals surface area contributed by atoms with Gasteiger partial charge in [0.2, 0.25) is 0 Å². The van der Waals surface area contributed by atoms with Crippen molar-refractivity contribution in [1.82, 2.24) is 4.98 Å². The third kappa shape index (κ3) is 2.23. The minimum Gasteiger partial charge on any atom is -0.361 e. The molecule has 0 unspecified atom stereocenters. The molecule has 0 spiro atoms. The van der Waals surface area contributed by atoms with Crippen LogP contribution in [0.1, 0.15) is 21.5 Å². The standard InChI is InChI=1S/C19H15N3O2/c20-9-18(23)11-5-6-17-14(7-11)15(19(24)22-17)8-12-10-21-16-4-2-1-3-13(12)16/h1-8,10,21H,9,20H2,(H,22,24). The van der Waals surface area contributed by atoms with Crippen LogP contribution in [0.25, 0.3) is 22.6 Å². The number of aromatic amines is 1. The van der Waals surface area contributed by atoms with Crippen LogP contribution in [-0.4, -0.2) is 23.2 Å². The number of Topliss-reactive ketones (excluding diaryl/α,β-unsaturated/α-hetero) is 1. The number of carbonyl (C=O) groups excluding carboxylic acids is 2. The molecule has 0 radical (unpaired) electrons. The van der Waals surface area contributed by atoms with Gasteiger partial charge in [-0.3, -0.25) is 9.59 Å². The maximum Gasteiger partial charge on any atom is 0.256 e. The van der Waals surface area contributed by atoms with Crippen LogP contribution >= 0.6 is 0 Å². The largest absolute Gasteiger partial charge is 0.361 e. The minimum absolute atomic E-state index is 0.0539. The molecular weight excluding hydrogens is 302 g/mol. The second-order valence-electron chi connectivity index (χ2n) is 5.69. The zero-order valence-electron chi connectivity index (χ0n) is 12.8. The van der Waals surface area contributed by atoms with Gasteiger partial charge in [0.1, 0.15) is 0 Å². The van der Waals surface area contributed by atoms with Crippen molar-refractivity contribution in [2.24, 2.45) is 5.73 Å². The highest BCUT2D eigenvalue weighted by Gasteiger charge is 2.25. The number of nitrogens with two attached hydrogens (primary N) is 1. The van der Waals surface area contributed by atoms with Crippen LogP contribution in [0.5, 0.6) is 0 Å². The van der Waals surface area contributed by atoms with E-state index in [9.17, 15) is 9.59 Å². The van der Waals surface area contributed by atoms with E-state index >= 15 is 0 Å². The van der Waals surface area contributed by atoms with Gasteiger partial charge in [0.05, 0.1) is 6.54 Å². The van der Waals surface area contributed by atoms with E-state index in [1.165, 1.54) is 0 Å². The fourth-order valence-corrected chi connectivity index (χ4v) is 2.99. The zero-order chi connectivity index (χ0) is 16.7. The predicted octanol–water partition coefficient (Wildman–Crippen LogP) is 2.80. The number of carbonyl (C=O) groups is 2. The van der Waals surface area contributed by atoms with Crippen LogP contribution in [0.4, 0.5) is 5.69 Å². The lowest BCUT2D eigenvalue weighted by Crippen LogP contribution is -2.13. The quantitative estimate of drug-likeness (QED) is 0.513. The number of ketones is 1. The van der Waals surface area contributed by atoms with Gasteiger partial charge in [0.15, 0.2) is 5.78 Å². The first-order chi connectivity index (χ1) is 11.7. The molecule has 2 aromatic carbocycles. The lowest BCUT2D eigenvalue weighted by atomic mass is 10.00. The first-order valence-corrected chi connectivity index (χ1v) is 7.64. The molecule has 0 saturated carbocycles. The molecule has 1 aliphatic rings. The summed E-state index contributed by atoms with van der Waals surface area (Å²) < 4.78 is 0. The molecule has 0 saturated heterocycles. The van der Waals surface area contributed by atoms with Gasteiger partial charge in [-0.05, 0) is 30.3 Å². The monoisotopic (exact) mass is 317 g/mol. The van der Waals surface area contributed by atoms with Crippen molar-refractivity contribution in [1.29, 1.82) is 0 Å². The Labute approximate surface area is 138 Å². The van der Waals surface area contributed by atoms with Crippen molar-refractivity contribution in [3.8, 4) is 0 Å². The third-order valence-corrected chi connectivity index (χ3v) is 4.23. The van der Waals surface area contributed by atoms with Crippen molar-refractivity contribution >= 4 is 39.9 Å². The molecular formula is C19H15N3O2. The van der Waals surface area contributed by atoms with Crippen LogP contribution < -0.4 is 11.1 Å². The highest BCUT2D eigenvalue weighted by atomic mass is 16.2. The Morgan fingerprint density at radius 2 is 2.00 bits per heavy atom. The molecule has 1 aliphatic heterocycles. The van der Waals surface area contributed by atoms with Gasteiger partial charge in [-0.2, -0.15) is 0 Å². The molecule has 5 heteroatoms. The van der Waals surface area contributed by atoms with Crippen LogP contribution in [0.15, 0.2) is 48.7 Å². The molecule has 4 rings (SSSR count). The molecule has 3 aromatic rings. The highest BCUT2D eigenvalue weighted by molar-refractivity contribution is 6.35. The molecule has 1 amide bonds. The van der Waals surface area contributed by atoms with Crippen molar-refractivity contribution < 1.29 is 9.59 Å². The van der Waals surface area contributed by atoms with E-state index in [1.54, 1.807) is 18.2 Å². The van der Waals surface area contributed by atoms with Gasteiger partial charge in [0.25, 0.3) is 5.91 Å². The summed E-state index contributed by atoms with van der Waals surface area (Å²) in [5.41, 5.74) is 9.86. The van der Waals surface area contributed by atoms with E-state index in [2.05, 4.69) is 10.3 Å². The van der Waals surface area contributed by atoms with Gasteiger partial charge in [-0.1, -0.05) is 18.2 Å². The highest BCUT2D eigenvalue weighted by Crippen LogP contribution is 2.35. The Kier molecular flexibility index (Phi) is 3.29. The van der Waals surface area contributed by atoms with E-state index in [0.29, 0.717) is 16.8 Å². The number of hydrogen-bond donors (Lipinski definition) is 3. The number of fused-ring (bicyclic) bond motifs is 2. The SMILES string of the molecule is NCC(=O)c1ccc2c(c1)C(=Cc1c[nH]c3ccccc13)C(=O)N2. The molecule has 4 N–H and O–H groups in total. The molecule has 0 aliphatic carbocycles. The summed E-state index contributed by atoms with van der Waals surface area (Å²) in [6.07, 6.45) is 3.72. The van der Waals surface area contributed by atoms with Crippen molar-refractivity contribution in [2.45, 2.75) is 0 Å². The summed E-state index contributed by atoms with van der Waals surface area (Å²) in [5.74, 6) is -0.323. The summed E-state index contributed by atoms with van der Waals surface area (Å²) >= 11 is 0. The van der Waals surface area contributed by atoms with Crippen LogP contribution in [0.2, 0.25) is 0 Å². The minimum atomic E-state index is -0.173. The number of anilines is 1. The second kappa shape index (κ2) is 5.47. The summed E-state index contributed by atoms with van der Waals surface area (Å²) in [6, 6.07) is 13.0. The Bertz CT molecular complexity index is 1010. The molecule has 24 heavy (non-hydrogen) atoms. The maximum absolute atomic E-state index is 12.3. The third-order valence-electron chi connectivity index (χ3n) is 4.23. The van der Waals surface area contributed by atoms with Crippen molar-refractivity contribution in [3.05, 3.63) is 65.4 Å². The molecule has 0 atom stereocenters. The Balaban J connectivity index is 1.85. The number of amides is 1. The molecule has 0 fully saturated rings. The second-order valence-corrected chi connectivity index (χ2v) is 5.69. The van der Waals surface area contributed by atoms with Gasteiger partial charge in [0, 0.05) is 45.1 Å². The molecule has 1 aromatic heterocycles. The zero-order valence-corrected chi connectivity index (χ0v) is 12.8. The van der Waals surface area contributed by atoms with Crippen molar-refractivity contribution in [3.63, 3.8) is 0 Å². The smallest absolute Gasteiger partial charge is 0.256 e. The van der Waals surface area contributed by atoms with Crippen LogP contribution in [0, 0.1) is 0 Å². The molecule has 118 valence electrons. The topological polar surface area (TPSA) is 88.0 Å². The number of benzene rings is 2. The maximum atomic E-state index is 12.3. The summed E-state index contributed by atoms with van der Waals surface area (Å²) in [4.78, 5) is 27.4. The molecule has 5 nitrogen and oxygen atoms in total. The van der Waals surface area contributed by atoms with Crippen LogP contribution in [0.3, 0.4) is 0 Å². The van der Waals surface area contributed by atoms with Crippen LogP contribution in [-0.2, 0) is 4.79 Å². The number of rotatable bonds is 3. The normalized spacial score (nSPS) is 14.9. The summed E-state index contributed by atoms with van der Waals surface area (Å²) in [6.45, 7) is -0.0539. The Morgan fingerprint density at radius 1 is 1.17 bits per heavy atom. The van der Waals surface area contributed by atoms with E-state index in [4.69, 9.17) is 5.73 Å². The number of nitrogens with one attached hydrogen (secondary N) is 2. The molecule has 2 heterocycles. The predicted molar refractivity (Wildman–Crippen MR) is 94.6 cm³/mol. The Morgan fingerprint density at radius 3 is 2.83 bits per heavy atom. The lowest BCUT2D eigenvalue weighted by Gasteiger charge is -2.02. The number of para-hydroxylation sites is 1. The van der Waals surface area contributed by atoms with Gasteiger partial charge < -0.3 is 16.0 Å². The summed E-state index contributed by atoms with van der Waals surface area (Å²) in [7, 11) is 0. The van der Waals surface area contributed by atoms with Crippen molar-refractivity contribution in [2.75, 3.05) is 11.9 Å². The average Bonchev–Trinajstić information content (AvgIpc) is 3.16. The number of hydrogen-bond acceptors (Lipinski definition) is 3. The number of aromatic nitrogens is 1. The molecule has 0 bridgehead atoms. The van der Waals surface area contributed by atoms with Gasteiger partial charge in [-0.15, -0.1) is 0 Å². The van der Waals surface area contributed by atoms with E-state index in [-0.39, 0.29) is 18.2 Å². The Hall–Kier alpha value is -3.18.